The van der Waals surface area contributed by atoms with E-state index in [9.17, 15) is 18.0 Å². The highest BCUT2D eigenvalue weighted by molar-refractivity contribution is 7.91. The maximum absolute atomic E-state index is 13.9. The molecule has 0 radical (unpaired) electrons. The molecule has 1 N–H and O–H groups in total. The summed E-state index contributed by atoms with van der Waals surface area (Å²) in [6.45, 7) is 5.43. The average Bonchev–Trinajstić information content (AvgIpc) is 3.07. The monoisotopic (exact) mass is 613 g/mol. The largest absolute Gasteiger partial charge is 0.322 e. The van der Waals surface area contributed by atoms with Crippen molar-refractivity contribution in [3.05, 3.63) is 118 Å². The van der Waals surface area contributed by atoms with E-state index in [1.165, 1.54) is 53.6 Å². The summed E-state index contributed by atoms with van der Waals surface area (Å²) in [5.41, 5.74) is 2.97. The van der Waals surface area contributed by atoms with Crippen LogP contribution < -0.4 is 10.2 Å². The number of piperidine rings is 1. The lowest BCUT2D eigenvalue weighted by Gasteiger charge is -2.30. The van der Waals surface area contributed by atoms with Crippen molar-refractivity contribution in [3.8, 4) is 0 Å². The summed E-state index contributed by atoms with van der Waals surface area (Å²) < 4.78 is 27.5. The van der Waals surface area contributed by atoms with E-state index in [2.05, 4.69) is 17.1 Å². The molecule has 0 saturated carbocycles. The number of fused-ring (bicyclic) bond motifs is 2. The number of benzene rings is 4. The minimum absolute atomic E-state index is 0.0409. The van der Waals surface area contributed by atoms with Gasteiger partial charge >= 0.3 is 0 Å². The lowest BCUT2D eigenvalue weighted by molar-refractivity contribution is 0.0979. The Labute approximate surface area is 257 Å². The van der Waals surface area contributed by atoms with Crippen molar-refractivity contribution < 1.29 is 18.0 Å². The maximum Gasteiger partial charge on any atom is 0.259 e. The molecule has 220 valence electrons. The summed E-state index contributed by atoms with van der Waals surface area (Å²) in [5, 5.41) is 3.41. The van der Waals surface area contributed by atoms with Crippen LogP contribution in [0.25, 0.3) is 0 Å². The third-order valence-corrected chi connectivity index (χ3v) is 10.3. The smallest absolute Gasteiger partial charge is 0.259 e. The molecule has 0 unspecified atom stereocenters. The topological polar surface area (TPSA) is 86.8 Å². The van der Waals surface area contributed by atoms with Crippen LogP contribution in [0.5, 0.6) is 0 Å². The van der Waals surface area contributed by atoms with Gasteiger partial charge in [-0.1, -0.05) is 54.9 Å². The number of nitrogens with zero attached hydrogens (tertiary/aromatic N) is 2. The summed E-state index contributed by atoms with van der Waals surface area (Å²) in [6.07, 6.45) is 2.43. The van der Waals surface area contributed by atoms with Gasteiger partial charge in [-0.15, -0.1) is 0 Å². The number of hydrogen-bond donors (Lipinski definition) is 1. The molecule has 43 heavy (non-hydrogen) atoms. The second kappa shape index (κ2) is 12.0. The highest BCUT2D eigenvalue weighted by Gasteiger charge is 2.36. The predicted octanol–water partition coefficient (Wildman–Crippen LogP) is 6.82. The molecule has 9 heteroatoms. The van der Waals surface area contributed by atoms with E-state index in [0.717, 1.165) is 31.1 Å². The zero-order valence-corrected chi connectivity index (χ0v) is 25.4. The van der Waals surface area contributed by atoms with Gasteiger partial charge in [0.25, 0.3) is 11.8 Å². The maximum atomic E-state index is 13.9. The Morgan fingerprint density at radius 3 is 2.35 bits per heavy atom. The Morgan fingerprint density at radius 1 is 0.860 bits per heavy atom. The van der Waals surface area contributed by atoms with E-state index < -0.39 is 21.7 Å². The van der Waals surface area contributed by atoms with Crippen molar-refractivity contribution in [2.75, 3.05) is 23.3 Å². The number of halogens is 1. The summed E-state index contributed by atoms with van der Waals surface area (Å²) in [5.74, 6) is -0.108. The molecule has 2 aliphatic rings. The number of carbonyl (C=O) groups is 2. The first-order valence-electron chi connectivity index (χ1n) is 14.4. The molecule has 0 aliphatic carbocycles. The Balaban J connectivity index is 1.29. The molecule has 1 fully saturated rings. The van der Waals surface area contributed by atoms with E-state index in [1.54, 1.807) is 30.3 Å². The zero-order chi connectivity index (χ0) is 30.1. The fraction of sp³-hybridized carbons (Fsp3) is 0.235. The van der Waals surface area contributed by atoms with Gasteiger partial charge in [-0.05, 0) is 97.6 Å². The molecule has 2 heterocycles. The van der Waals surface area contributed by atoms with Crippen molar-refractivity contribution in [3.63, 3.8) is 0 Å². The fourth-order valence-corrected chi connectivity index (χ4v) is 7.54. The molecular formula is C34H32ClN3O4S. The predicted molar refractivity (Wildman–Crippen MR) is 168 cm³/mol. The molecule has 0 aromatic heterocycles. The number of hydrogen-bond acceptors (Lipinski definition) is 5. The molecule has 6 rings (SSSR count). The second-order valence-corrected chi connectivity index (χ2v) is 13.6. The Kier molecular flexibility index (Phi) is 8.09. The van der Waals surface area contributed by atoms with Crippen LogP contribution >= 0.6 is 11.6 Å². The molecule has 0 spiro atoms. The van der Waals surface area contributed by atoms with Crippen LogP contribution in [0.4, 0.5) is 11.4 Å². The van der Waals surface area contributed by atoms with Gasteiger partial charge < -0.3 is 10.2 Å². The van der Waals surface area contributed by atoms with E-state index in [0.29, 0.717) is 10.7 Å². The van der Waals surface area contributed by atoms with E-state index in [-0.39, 0.29) is 33.2 Å². The first kappa shape index (κ1) is 29.1. The Hall–Kier alpha value is -3.98. The lowest BCUT2D eigenvalue weighted by Crippen LogP contribution is -2.32. The molecule has 2 amide bonds. The first-order valence-corrected chi connectivity index (χ1v) is 16.2. The minimum atomic E-state index is -4.05. The number of sulfone groups is 1. The van der Waals surface area contributed by atoms with Gasteiger partial charge in [0, 0.05) is 22.8 Å². The average molecular weight is 614 g/mol. The number of anilines is 2. The molecule has 1 saturated heterocycles. The van der Waals surface area contributed by atoms with Gasteiger partial charge in [0.05, 0.1) is 27.6 Å². The van der Waals surface area contributed by atoms with Crippen molar-refractivity contribution in [1.82, 2.24) is 4.90 Å². The number of amides is 2. The number of rotatable bonds is 6. The minimum Gasteiger partial charge on any atom is -0.322 e. The molecule has 0 atom stereocenters. The zero-order valence-electron chi connectivity index (χ0n) is 23.8. The van der Waals surface area contributed by atoms with Crippen LogP contribution in [-0.4, -0.2) is 38.2 Å². The summed E-state index contributed by atoms with van der Waals surface area (Å²) >= 11 is 6.21. The fourth-order valence-electron chi connectivity index (χ4n) is 5.70. The highest BCUT2D eigenvalue weighted by Crippen LogP contribution is 2.38. The molecule has 4 aromatic rings. The van der Waals surface area contributed by atoms with Gasteiger partial charge in [0.15, 0.2) is 0 Å². The molecular weight excluding hydrogens is 582 g/mol. The van der Waals surface area contributed by atoms with Crippen molar-refractivity contribution in [2.24, 2.45) is 5.92 Å². The Bertz CT molecular complexity index is 1800. The van der Waals surface area contributed by atoms with Crippen molar-refractivity contribution in [1.29, 1.82) is 0 Å². The molecule has 7 nitrogen and oxygen atoms in total. The van der Waals surface area contributed by atoms with Crippen molar-refractivity contribution in [2.45, 2.75) is 42.6 Å². The summed E-state index contributed by atoms with van der Waals surface area (Å²) in [7, 11) is -4.05. The van der Waals surface area contributed by atoms with Crippen LogP contribution in [-0.2, 0) is 22.9 Å². The Morgan fingerprint density at radius 2 is 1.60 bits per heavy atom. The van der Waals surface area contributed by atoms with Gasteiger partial charge in [0.2, 0.25) is 9.84 Å². The van der Waals surface area contributed by atoms with E-state index >= 15 is 0 Å². The van der Waals surface area contributed by atoms with Crippen molar-refractivity contribution >= 4 is 44.6 Å². The van der Waals surface area contributed by atoms with E-state index in [4.69, 9.17) is 11.6 Å². The number of carbonyl (C=O) groups excluding carboxylic acids is 2. The van der Waals surface area contributed by atoms with Gasteiger partial charge in [-0.3, -0.25) is 14.5 Å². The lowest BCUT2D eigenvalue weighted by atomic mass is 9.99. The van der Waals surface area contributed by atoms with Crippen LogP contribution in [0.15, 0.2) is 101 Å². The SMILES string of the molecule is CC1CCN(Cc2ccc(NC(=O)c3ccc4c(c3)N(Cc3cccc(Cl)c3)C(=O)c3ccccc3S4(=O)=O)cc2)CC1. The molecule has 2 aliphatic heterocycles. The number of nitrogens with one attached hydrogen (secondary N) is 1. The van der Waals surface area contributed by atoms with E-state index in [1.807, 2.05) is 30.3 Å². The standard InChI is InChI=1S/C34H32ClN3O4S/c1-23-15-17-37(18-16-23)21-24-9-12-28(13-10-24)36-33(39)26-11-14-32-30(20-26)38(22-25-5-4-6-27(35)19-25)34(40)29-7-2-3-8-31(29)43(32,41)42/h2-14,19-20,23H,15-18,21-22H2,1H3,(H,36,39). The normalized spacial score (nSPS) is 16.7. The molecule has 4 aromatic carbocycles. The van der Waals surface area contributed by atoms with Crippen LogP contribution in [0, 0.1) is 5.92 Å². The van der Waals surface area contributed by atoms with Crippen LogP contribution in [0.3, 0.4) is 0 Å². The third-order valence-electron chi connectivity index (χ3n) is 8.18. The molecule has 0 bridgehead atoms. The summed E-state index contributed by atoms with van der Waals surface area (Å²) in [4.78, 5) is 31.0. The quantitative estimate of drug-likeness (QED) is 0.258. The van der Waals surface area contributed by atoms with Crippen LogP contribution in [0.2, 0.25) is 5.02 Å². The first-order chi connectivity index (χ1) is 20.7. The third kappa shape index (κ3) is 6.09. The highest BCUT2D eigenvalue weighted by atomic mass is 35.5. The number of likely N-dealkylation sites (tertiary alicyclic amines) is 1. The summed E-state index contributed by atoms with van der Waals surface area (Å²) in [6, 6.07) is 25.4. The van der Waals surface area contributed by atoms with Gasteiger partial charge in [-0.25, -0.2) is 8.42 Å². The van der Waals surface area contributed by atoms with Gasteiger partial charge in [-0.2, -0.15) is 0 Å². The second-order valence-electron chi connectivity index (χ2n) is 11.3. The van der Waals surface area contributed by atoms with Crippen LogP contribution in [0.1, 0.15) is 51.6 Å². The van der Waals surface area contributed by atoms with Gasteiger partial charge in [0.1, 0.15) is 0 Å².